The number of aliphatic hydroxyl groups is 1. The molecule has 1 fully saturated rings. The summed E-state index contributed by atoms with van der Waals surface area (Å²) in [5.41, 5.74) is 0. The first-order valence-corrected chi connectivity index (χ1v) is 7.57. The van der Waals surface area contributed by atoms with Crippen molar-refractivity contribution < 1.29 is 23.1 Å². The van der Waals surface area contributed by atoms with Crippen molar-refractivity contribution in [2.24, 2.45) is 0 Å². The third-order valence-corrected chi connectivity index (χ3v) is 4.46. The second-order valence-corrected chi connectivity index (χ2v) is 6.26. The molecular formula is C10H19NO5S. The van der Waals surface area contributed by atoms with Crippen LogP contribution in [-0.2, 0) is 14.6 Å². The maximum Gasteiger partial charge on any atom is 0.410 e. The van der Waals surface area contributed by atoms with Crippen LogP contribution in [0.4, 0.5) is 4.79 Å². The molecular weight excluding hydrogens is 246 g/mol. The van der Waals surface area contributed by atoms with Gasteiger partial charge in [-0.2, -0.15) is 0 Å². The standard InChI is InChI=1S/C10H19NO5S/c1-2-16-10(13)11(5-3-6-12)9-4-7-17(14,15)8-9/h9,12H,2-8H2,1H3. The molecule has 0 aromatic carbocycles. The van der Waals surface area contributed by atoms with Gasteiger partial charge in [0.05, 0.1) is 18.1 Å². The first kappa shape index (κ1) is 14.2. The Bertz CT molecular complexity index is 354. The van der Waals surface area contributed by atoms with Gasteiger partial charge in [-0.15, -0.1) is 0 Å². The largest absolute Gasteiger partial charge is 0.450 e. The van der Waals surface area contributed by atoms with Crippen molar-refractivity contribution in [1.29, 1.82) is 0 Å². The van der Waals surface area contributed by atoms with E-state index >= 15 is 0 Å². The molecule has 1 amide bonds. The summed E-state index contributed by atoms with van der Waals surface area (Å²) in [6.45, 7) is 2.26. The zero-order valence-corrected chi connectivity index (χ0v) is 10.8. The number of amides is 1. The van der Waals surface area contributed by atoms with Gasteiger partial charge in [0.2, 0.25) is 0 Å². The first-order chi connectivity index (χ1) is 8.00. The lowest BCUT2D eigenvalue weighted by Gasteiger charge is -2.26. The van der Waals surface area contributed by atoms with Gasteiger partial charge in [0.15, 0.2) is 9.84 Å². The number of sulfone groups is 1. The Morgan fingerprint density at radius 3 is 2.71 bits per heavy atom. The van der Waals surface area contributed by atoms with Crippen molar-refractivity contribution in [3.8, 4) is 0 Å². The summed E-state index contributed by atoms with van der Waals surface area (Å²) in [7, 11) is -3.03. The van der Waals surface area contributed by atoms with Gasteiger partial charge in [-0.25, -0.2) is 13.2 Å². The van der Waals surface area contributed by atoms with E-state index in [-0.39, 0.29) is 30.8 Å². The molecule has 6 nitrogen and oxygen atoms in total. The molecule has 100 valence electrons. The Morgan fingerprint density at radius 1 is 1.53 bits per heavy atom. The average molecular weight is 265 g/mol. The summed E-state index contributed by atoms with van der Waals surface area (Å²) >= 11 is 0. The van der Waals surface area contributed by atoms with E-state index in [4.69, 9.17) is 9.84 Å². The van der Waals surface area contributed by atoms with Gasteiger partial charge >= 0.3 is 6.09 Å². The van der Waals surface area contributed by atoms with Gasteiger partial charge in [0, 0.05) is 19.2 Å². The van der Waals surface area contributed by atoms with Crippen molar-refractivity contribution in [1.82, 2.24) is 4.90 Å². The van der Waals surface area contributed by atoms with Crippen molar-refractivity contribution in [2.75, 3.05) is 31.3 Å². The van der Waals surface area contributed by atoms with Crippen LogP contribution in [0, 0.1) is 0 Å². The van der Waals surface area contributed by atoms with E-state index in [0.29, 0.717) is 19.4 Å². The lowest BCUT2D eigenvalue weighted by molar-refractivity contribution is 0.0909. The van der Waals surface area contributed by atoms with E-state index in [1.54, 1.807) is 6.92 Å². The second kappa shape index (κ2) is 6.20. The monoisotopic (exact) mass is 265 g/mol. The van der Waals surface area contributed by atoms with Gasteiger partial charge in [-0.05, 0) is 19.8 Å². The number of hydrogen-bond donors (Lipinski definition) is 1. The molecule has 1 saturated heterocycles. The predicted molar refractivity (Wildman–Crippen MR) is 62.5 cm³/mol. The van der Waals surface area contributed by atoms with Crippen LogP contribution >= 0.6 is 0 Å². The van der Waals surface area contributed by atoms with Gasteiger partial charge in [0.25, 0.3) is 0 Å². The zero-order chi connectivity index (χ0) is 12.9. The van der Waals surface area contributed by atoms with Crippen molar-refractivity contribution in [3.63, 3.8) is 0 Å². The highest BCUT2D eigenvalue weighted by Crippen LogP contribution is 2.18. The van der Waals surface area contributed by atoms with Crippen LogP contribution in [-0.4, -0.2) is 61.8 Å². The van der Waals surface area contributed by atoms with Crippen molar-refractivity contribution in [2.45, 2.75) is 25.8 Å². The van der Waals surface area contributed by atoms with Crippen LogP contribution in [0.5, 0.6) is 0 Å². The number of aliphatic hydroxyl groups excluding tert-OH is 1. The van der Waals surface area contributed by atoms with Crippen LogP contribution in [0.3, 0.4) is 0 Å². The lowest BCUT2D eigenvalue weighted by atomic mass is 10.2. The lowest BCUT2D eigenvalue weighted by Crippen LogP contribution is -2.42. The molecule has 0 aromatic rings. The molecule has 17 heavy (non-hydrogen) atoms. The molecule has 1 aliphatic heterocycles. The van der Waals surface area contributed by atoms with E-state index in [1.165, 1.54) is 4.90 Å². The number of rotatable bonds is 5. The first-order valence-electron chi connectivity index (χ1n) is 5.75. The average Bonchev–Trinajstić information content (AvgIpc) is 2.60. The van der Waals surface area contributed by atoms with Crippen molar-refractivity contribution in [3.05, 3.63) is 0 Å². The highest BCUT2D eigenvalue weighted by atomic mass is 32.2. The fourth-order valence-corrected chi connectivity index (χ4v) is 3.62. The Kier molecular flexibility index (Phi) is 5.20. The fraction of sp³-hybridized carbons (Fsp3) is 0.900. The van der Waals surface area contributed by atoms with E-state index in [0.717, 1.165) is 0 Å². The second-order valence-electron chi connectivity index (χ2n) is 4.03. The summed E-state index contributed by atoms with van der Waals surface area (Å²) in [5, 5.41) is 8.78. The van der Waals surface area contributed by atoms with Crippen LogP contribution in [0.1, 0.15) is 19.8 Å². The van der Waals surface area contributed by atoms with E-state index in [9.17, 15) is 13.2 Å². The molecule has 1 N–H and O–H groups in total. The Labute approximate surface area is 101 Å². The van der Waals surface area contributed by atoms with Crippen LogP contribution in [0.25, 0.3) is 0 Å². The highest BCUT2D eigenvalue weighted by Gasteiger charge is 2.34. The molecule has 7 heteroatoms. The van der Waals surface area contributed by atoms with E-state index in [2.05, 4.69) is 0 Å². The SMILES string of the molecule is CCOC(=O)N(CCCO)C1CCS(=O)(=O)C1. The molecule has 0 radical (unpaired) electrons. The maximum absolute atomic E-state index is 11.7. The molecule has 1 unspecified atom stereocenters. The number of carbonyl (C=O) groups is 1. The Hall–Kier alpha value is -0.820. The minimum absolute atomic E-state index is 0.00274. The molecule has 0 spiro atoms. The molecule has 1 heterocycles. The summed E-state index contributed by atoms with van der Waals surface area (Å²) < 4.78 is 27.6. The summed E-state index contributed by atoms with van der Waals surface area (Å²) in [5.74, 6) is 0.115. The minimum Gasteiger partial charge on any atom is -0.450 e. The zero-order valence-electron chi connectivity index (χ0n) is 9.96. The van der Waals surface area contributed by atoms with Crippen LogP contribution in [0.2, 0.25) is 0 Å². The molecule has 0 aliphatic carbocycles. The summed E-state index contributed by atoms with van der Waals surface area (Å²) in [4.78, 5) is 13.1. The normalized spacial score (nSPS) is 22.4. The summed E-state index contributed by atoms with van der Waals surface area (Å²) in [6.07, 6.45) is 0.380. The highest BCUT2D eigenvalue weighted by molar-refractivity contribution is 7.91. The van der Waals surface area contributed by atoms with Crippen LogP contribution in [0.15, 0.2) is 0 Å². The summed E-state index contributed by atoms with van der Waals surface area (Å²) in [6, 6.07) is -0.314. The molecule has 1 aliphatic rings. The minimum atomic E-state index is -3.03. The van der Waals surface area contributed by atoms with Crippen molar-refractivity contribution >= 4 is 15.9 Å². The van der Waals surface area contributed by atoms with E-state index in [1.807, 2.05) is 0 Å². The number of nitrogens with zero attached hydrogens (tertiary/aromatic N) is 1. The van der Waals surface area contributed by atoms with E-state index < -0.39 is 15.9 Å². The Morgan fingerprint density at radius 2 is 2.24 bits per heavy atom. The number of carbonyl (C=O) groups excluding carboxylic acids is 1. The topological polar surface area (TPSA) is 83.9 Å². The molecule has 1 atom stereocenters. The Balaban J connectivity index is 2.66. The predicted octanol–water partition coefficient (Wildman–Crippen LogP) is 0.0144. The third-order valence-electron chi connectivity index (χ3n) is 2.71. The molecule has 1 rings (SSSR count). The number of hydrogen-bond acceptors (Lipinski definition) is 5. The quantitative estimate of drug-likeness (QED) is 0.757. The van der Waals surface area contributed by atoms with Crippen LogP contribution < -0.4 is 0 Å². The third kappa shape index (κ3) is 4.16. The molecule has 0 aromatic heterocycles. The smallest absolute Gasteiger partial charge is 0.410 e. The number of ether oxygens (including phenoxy) is 1. The van der Waals surface area contributed by atoms with Gasteiger partial charge in [-0.1, -0.05) is 0 Å². The molecule has 0 bridgehead atoms. The van der Waals surface area contributed by atoms with Gasteiger partial charge < -0.3 is 14.7 Å². The maximum atomic E-state index is 11.7. The van der Waals surface area contributed by atoms with Gasteiger partial charge in [0.1, 0.15) is 0 Å². The molecule has 0 saturated carbocycles. The fourth-order valence-electron chi connectivity index (χ4n) is 1.89. The van der Waals surface area contributed by atoms with Gasteiger partial charge in [-0.3, -0.25) is 0 Å².